The number of rotatable bonds is 3. The molecule has 1 aromatic rings. The molecule has 0 aromatic heterocycles. The smallest absolute Gasteiger partial charge is 0.251 e. The normalized spacial score (nSPS) is 12.1. The minimum Gasteiger partial charge on any atom is -0.350 e. The Morgan fingerprint density at radius 1 is 1.50 bits per heavy atom. The SMILES string of the molecule is CCC(C)NC(=O)c1cccc([O])c1. The summed E-state index contributed by atoms with van der Waals surface area (Å²) in [5.41, 5.74) is 0.429. The predicted octanol–water partition coefficient (Wildman–Crippen LogP) is 2.36. The first-order chi connectivity index (χ1) is 6.63. The molecule has 0 bridgehead atoms. The third kappa shape index (κ3) is 2.76. The Morgan fingerprint density at radius 2 is 2.21 bits per heavy atom. The molecule has 75 valence electrons. The fourth-order valence-electron chi connectivity index (χ4n) is 1.05. The maximum absolute atomic E-state index is 11.5. The number of benzene rings is 1. The Kier molecular flexibility index (Phi) is 3.51. The summed E-state index contributed by atoms with van der Waals surface area (Å²) in [6, 6.07) is 6.14. The zero-order valence-electron chi connectivity index (χ0n) is 8.41. The van der Waals surface area contributed by atoms with Gasteiger partial charge in [-0.2, -0.15) is 0 Å². The quantitative estimate of drug-likeness (QED) is 0.785. The largest absolute Gasteiger partial charge is 0.350 e. The molecule has 1 unspecified atom stereocenters. The third-order valence-electron chi connectivity index (χ3n) is 2.09. The van der Waals surface area contributed by atoms with Gasteiger partial charge in [-0.3, -0.25) is 9.90 Å². The van der Waals surface area contributed by atoms with Crippen LogP contribution in [-0.2, 0) is 5.11 Å². The summed E-state index contributed by atoms with van der Waals surface area (Å²) in [5, 5.41) is 13.8. The fourth-order valence-corrected chi connectivity index (χ4v) is 1.05. The average Bonchev–Trinajstić information content (AvgIpc) is 2.17. The van der Waals surface area contributed by atoms with Crippen LogP contribution < -0.4 is 5.32 Å². The van der Waals surface area contributed by atoms with Crippen molar-refractivity contribution >= 4 is 5.91 Å². The fraction of sp³-hybridized carbons (Fsp3) is 0.364. The van der Waals surface area contributed by atoms with Crippen molar-refractivity contribution in [3.8, 4) is 5.75 Å². The highest BCUT2D eigenvalue weighted by Gasteiger charge is 2.08. The monoisotopic (exact) mass is 192 g/mol. The second-order valence-electron chi connectivity index (χ2n) is 3.31. The third-order valence-corrected chi connectivity index (χ3v) is 2.09. The Balaban J connectivity index is 2.70. The van der Waals surface area contributed by atoms with E-state index in [0.717, 1.165) is 6.42 Å². The molecule has 14 heavy (non-hydrogen) atoms. The molecule has 0 fully saturated rings. The molecule has 3 nitrogen and oxygen atoms in total. The predicted molar refractivity (Wildman–Crippen MR) is 53.8 cm³/mol. The second-order valence-corrected chi connectivity index (χ2v) is 3.31. The standard InChI is InChI=1S/C11H14NO2/c1-3-8(2)12-11(14)9-5-4-6-10(13)7-9/h4-8H,3H2,1-2H3,(H,12,14). The van der Waals surface area contributed by atoms with Crippen LogP contribution in [0.4, 0.5) is 0 Å². The molecule has 0 saturated carbocycles. The summed E-state index contributed by atoms with van der Waals surface area (Å²) < 4.78 is 0. The summed E-state index contributed by atoms with van der Waals surface area (Å²) in [6.07, 6.45) is 0.878. The molecule has 1 aromatic carbocycles. The van der Waals surface area contributed by atoms with Gasteiger partial charge in [0, 0.05) is 11.6 Å². The first-order valence-electron chi connectivity index (χ1n) is 4.71. The lowest BCUT2D eigenvalue weighted by Crippen LogP contribution is -2.31. The van der Waals surface area contributed by atoms with Gasteiger partial charge in [-0.05, 0) is 31.5 Å². The van der Waals surface area contributed by atoms with Crippen molar-refractivity contribution in [2.24, 2.45) is 0 Å². The zero-order valence-corrected chi connectivity index (χ0v) is 8.41. The second kappa shape index (κ2) is 4.65. The molecule has 1 amide bonds. The van der Waals surface area contributed by atoms with Gasteiger partial charge in [0.25, 0.3) is 5.91 Å². The van der Waals surface area contributed by atoms with Crippen LogP contribution in [0.3, 0.4) is 0 Å². The van der Waals surface area contributed by atoms with E-state index in [1.54, 1.807) is 12.1 Å². The molecule has 3 heteroatoms. The number of carbonyl (C=O) groups is 1. The van der Waals surface area contributed by atoms with E-state index in [4.69, 9.17) is 0 Å². The van der Waals surface area contributed by atoms with E-state index in [1.807, 2.05) is 13.8 Å². The van der Waals surface area contributed by atoms with E-state index in [1.165, 1.54) is 12.1 Å². The van der Waals surface area contributed by atoms with Crippen molar-refractivity contribution in [1.29, 1.82) is 0 Å². The highest BCUT2D eigenvalue weighted by Crippen LogP contribution is 2.11. The van der Waals surface area contributed by atoms with Crippen molar-refractivity contribution < 1.29 is 9.90 Å². The van der Waals surface area contributed by atoms with Crippen LogP contribution in [0.25, 0.3) is 0 Å². The van der Waals surface area contributed by atoms with E-state index < -0.39 is 0 Å². The molecule has 1 radical (unpaired) electrons. The number of hydrogen-bond acceptors (Lipinski definition) is 1. The molecular formula is C11H14NO2. The molecule has 0 spiro atoms. The maximum atomic E-state index is 11.5. The zero-order chi connectivity index (χ0) is 10.6. The van der Waals surface area contributed by atoms with E-state index in [9.17, 15) is 9.90 Å². The molecule has 1 atom stereocenters. The van der Waals surface area contributed by atoms with Gasteiger partial charge in [-0.25, -0.2) is 0 Å². The van der Waals surface area contributed by atoms with Crippen LogP contribution in [0.5, 0.6) is 5.75 Å². The molecule has 0 aliphatic heterocycles. The Morgan fingerprint density at radius 3 is 2.79 bits per heavy atom. The molecule has 0 heterocycles. The molecule has 0 saturated heterocycles. The van der Waals surface area contributed by atoms with Gasteiger partial charge in [0.05, 0.1) is 0 Å². The number of amides is 1. The summed E-state index contributed by atoms with van der Waals surface area (Å²) in [6.45, 7) is 3.92. The van der Waals surface area contributed by atoms with Gasteiger partial charge in [-0.15, -0.1) is 0 Å². The minimum absolute atomic E-state index is 0.137. The summed E-state index contributed by atoms with van der Waals surface area (Å²) >= 11 is 0. The van der Waals surface area contributed by atoms with Crippen LogP contribution in [-0.4, -0.2) is 11.9 Å². The Labute approximate surface area is 83.8 Å². The highest BCUT2D eigenvalue weighted by molar-refractivity contribution is 5.94. The van der Waals surface area contributed by atoms with Gasteiger partial charge < -0.3 is 5.32 Å². The van der Waals surface area contributed by atoms with Gasteiger partial charge in [0.1, 0.15) is 0 Å². The average molecular weight is 192 g/mol. The lowest BCUT2D eigenvalue weighted by Gasteiger charge is -2.10. The highest BCUT2D eigenvalue weighted by atomic mass is 16.3. The van der Waals surface area contributed by atoms with Crippen LogP contribution in [0.1, 0.15) is 30.6 Å². The van der Waals surface area contributed by atoms with Crippen molar-refractivity contribution in [3.05, 3.63) is 29.8 Å². The topological polar surface area (TPSA) is 49.0 Å². The Hall–Kier alpha value is -1.51. The minimum atomic E-state index is -0.183. The van der Waals surface area contributed by atoms with Crippen molar-refractivity contribution in [1.82, 2.24) is 5.32 Å². The first-order valence-corrected chi connectivity index (χ1v) is 4.71. The van der Waals surface area contributed by atoms with Gasteiger partial charge in [-0.1, -0.05) is 13.0 Å². The van der Waals surface area contributed by atoms with Crippen LogP contribution >= 0.6 is 0 Å². The van der Waals surface area contributed by atoms with Crippen molar-refractivity contribution in [3.63, 3.8) is 0 Å². The first kappa shape index (κ1) is 10.6. The summed E-state index contributed by atoms with van der Waals surface area (Å²) in [7, 11) is 0. The van der Waals surface area contributed by atoms with Gasteiger partial charge in [0.15, 0.2) is 5.75 Å². The van der Waals surface area contributed by atoms with Crippen molar-refractivity contribution in [2.75, 3.05) is 0 Å². The van der Waals surface area contributed by atoms with E-state index in [2.05, 4.69) is 5.32 Å². The maximum Gasteiger partial charge on any atom is 0.251 e. The number of nitrogens with one attached hydrogen (secondary N) is 1. The van der Waals surface area contributed by atoms with Gasteiger partial charge >= 0.3 is 0 Å². The van der Waals surface area contributed by atoms with Crippen LogP contribution in [0.15, 0.2) is 24.3 Å². The molecule has 0 aliphatic rings. The molecular weight excluding hydrogens is 178 g/mol. The summed E-state index contributed by atoms with van der Waals surface area (Å²) in [5.74, 6) is -0.321. The van der Waals surface area contributed by atoms with Gasteiger partial charge in [0.2, 0.25) is 0 Å². The van der Waals surface area contributed by atoms with Crippen LogP contribution in [0, 0.1) is 0 Å². The Bertz CT molecular complexity index is 323. The van der Waals surface area contributed by atoms with E-state index in [-0.39, 0.29) is 17.7 Å². The molecule has 0 aliphatic carbocycles. The molecule has 1 N–H and O–H groups in total. The van der Waals surface area contributed by atoms with Crippen molar-refractivity contribution in [2.45, 2.75) is 26.3 Å². The molecule has 1 rings (SSSR count). The van der Waals surface area contributed by atoms with Crippen LogP contribution in [0.2, 0.25) is 0 Å². The van der Waals surface area contributed by atoms with E-state index >= 15 is 0 Å². The summed E-state index contributed by atoms with van der Waals surface area (Å²) in [4.78, 5) is 11.5. The number of carbonyl (C=O) groups excluding carboxylic acids is 1. The van der Waals surface area contributed by atoms with E-state index in [0.29, 0.717) is 5.56 Å². The lowest BCUT2D eigenvalue weighted by atomic mass is 10.2. The number of hydrogen-bond donors (Lipinski definition) is 1. The lowest BCUT2D eigenvalue weighted by molar-refractivity contribution is 0.0938.